The number of benzene rings is 1. The Balaban J connectivity index is 1.87. The van der Waals surface area contributed by atoms with Crippen LogP contribution >= 0.6 is 0 Å². The highest BCUT2D eigenvalue weighted by atomic mass is 16.4. The van der Waals surface area contributed by atoms with E-state index in [1.807, 2.05) is 18.3 Å². The van der Waals surface area contributed by atoms with Gasteiger partial charge in [-0.1, -0.05) is 61.7 Å². The molecule has 1 aromatic carbocycles. The maximum atomic E-state index is 10.5. The molecular formula is C21H25NO2. The fourth-order valence-electron chi connectivity index (χ4n) is 2.74. The molecule has 1 aromatic heterocycles. The van der Waals surface area contributed by atoms with Gasteiger partial charge >= 0.3 is 5.97 Å². The smallest absolute Gasteiger partial charge is 0.303 e. The first kappa shape index (κ1) is 17.9. The number of hydrogen-bond acceptors (Lipinski definition) is 2. The molecule has 126 valence electrons. The van der Waals surface area contributed by atoms with Crippen LogP contribution in [0.3, 0.4) is 0 Å². The van der Waals surface area contributed by atoms with Crippen molar-refractivity contribution in [1.29, 1.82) is 0 Å². The minimum atomic E-state index is -0.693. The van der Waals surface area contributed by atoms with E-state index in [0.717, 1.165) is 44.1 Å². The molecule has 0 bridgehead atoms. The summed E-state index contributed by atoms with van der Waals surface area (Å²) in [5.41, 5.74) is 3.59. The molecule has 0 amide bonds. The minimum Gasteiger partial charge on any atom is -0.481 e. The number of nitrogens with zero attached hydrogens (tertiary/aromatic N) is 1. The highest BCUT2D eigenvalue weighted by Crippen LogP contribution is 2.23. The fraction of sp³-hybridized carbons (Fsp3) is 0.333. The van der Waals surface area contributed by atoms with Gasteiger partial charge in [-0.05, 0) is 36.5 Å². The van der Waals surface area contributed by atoms with Crippen LogP contribution in [0.5, 0.6) is 0 Å². The Hall–Kier alpha value is -2.42. The number of unbranched alkanes of at least 4 members (excludes halogenated alkanes) is 5. The monoisotopic (exact) mass is 323 g/mol. The number of rotatable bonds is 10. The topological polar surface area (TPSA) is 50.2 Å². The summed E-state index contributed by atoms with van der Waals surface area (Å²) in [5, 5.41) is 8.62. The van der Waals surface area contributed by atoms with Crippen molar-refractivity contribution in [3.8, 4) is 0 Å². The summed E-state index contributed by atoms with van der Waals surface area (Å²) in [7, 11) is 0. The lowest BCUT2D eigenvalue weighted by molar-refractivity contribution is -0.137. The molecule has 2 rings (SSSR count). The van der Waals surface area contributed by atoms with Gasteiger partial charge in [0.05, 0.1) is 0 Å². The molecule has 0 saturated heterocycles. The third-order valence-corrected chi connectivity index (χ3v) is 4.00. The highest BCUT2D eigenvalue weighted by Gasteiger charge is 2.04. The van der Waals surface area contributed by atoms with Gasteiger partial charge in [-0.3, -0.25) is 9.78 Å². The van der Waals surface area contributed by atoms with Gasteiger partial charge in [0.25, 0.3) is 0 Å². The van der Waals surface area contributed by atoms with E-state index >= 15 is 0 Å². The maximum Gasteiger partial charge on any atom is 0.303 e. The molecule has 24 heavy (non-hydrogen) atoms. The van der Waals surface area contributed by atoms with Crippen LogP contribution < -0.4 is 0 Å². The first-order valence-electron chi connectivity index (χ1n) is 8.65. The molecule has 3 heteroatoms. The average Bonchev–Trinajstić information content (AvgIpc) is 2.62. The highest BCUT2D eigenvalue weighted by molar-refractivity contribution is 5.79. The Kier molecular flexibility index (Phi) is 7.75. The predicted octanol–water partition coefficient (Wildman–Crippen LogP) is 5.33. The van der Waals surface area contributed by atoms with E-state index in [9.17, 15) is 4.79 Å². The predicted molar refractivity (Wildman–Crippen MR) is 97.7 cm³/mol. The molecule has 0 radical (unpaired) electrons. The number of aromatic nitrogens is 1. The molecule has 0 fully saturated rings. The lowest BCUT2D eigenvalue weighted by Crippen LogP contribution is -1.93. The summed E-state index contributed by atoms with van der Waals surface area (Å²) >= 11 is 0. The molecule has 2 aromatic rings. The Morgan fingerprint density at radius 1 is 0.917 bits per heavy atom. The lowest BCUT2D eigenvalue weighted by Gasteiger charge is -2.08. The van der Waals surface area contributed by atoms with E-state index in [0.29, 0.717) is 6.42 Å². The number of carbonyl (C=O) groups is 1. The summed E-state index contributed by atoms with van der Waals surface area (Å²) < 4.78 is 0. The van der Waals surface area contributed by atoms with Crippen molar-refractivity contribution < 1.29 is 9.90 Å². The molecule has 0 aliphatic carbocycles. The fourth-order valence-corrected chi connectivity index (χ4v) is 2.74. The molecular weight excluding hydrogens is 298 g/mol. The van der Waals surface area contributed by atoms with Crippen molar-refractivity contribution in [2.45, 2.75) is 44.9 Å². The number of pyridine rings is 1. The number of carboxylic acid groups (broad SMARTS) is 1. The van der Waals surface area contributed by atoms with Gasteiger partial charge in [0.15, 0.2) is 0 Å². The Bertz CT molecular complexity index is 594. The summed E-state index contributed by atoms with van der Waals surface area (Å²) in [5.74, 6) is -0.693. The third-order valence-electron chi connectivity index (χ3n) is 4.00. The normalized spacial score (nSPS) is 11.4. The number of allylic oxidation sites excluding steroid dienone is 1. The Labute approximate surface area is 144 Å². The van der Waals surface area contributed by atoms with Crippen LogP contribution in [0.1, 0.15) is 56.1 Å². The second kappa shape index (κ2) is 10.4. The van der Waals surface area contributed by atoms with Gasteiger partial charge < -0.3 is 5.11 Å². The van der Waals surface area contributed by atoms with Crippen molar-refractivity contribution in [2.24, 2.45) is 0 Å². The molecule has 1 heterocycles. The van der Waals surface area contributed by atoms with Crippen molar-refractivity contribution in [1.82, 2.24) is 4.98 Å². The molecule has 0 unspecified atom stereocenters. The molecule has 0 saturated carbocycles. The van der Waals surface area contributed by atoms with Crippen molar-refractivity contribution in [3.63, 3.8) is 0 Å². The SMILES string of the molecule is O=C(O)CCCCCCCC=C(c1ccccc1)c1cccnc1. The van der Waals surface area contributed by atoms with Crippen LogP contribution in [0.2, 0.25) is 0 Å². The van der Waals surface area contributed by atoms with Crippen LogP contribution in [0, 0.1) is 0 Å². The summed E-state index contributed by atoms with van der Waals surface area (Å²) in [6.45, 7) is 0. The van der Waals surface area contributed by atoms with E-state index in [2.05, 4.69) is 41.4 Å². The van der Waals surface area contributed by atoms with Gasteiger partial charge in [0.2, 0.25) is 0 Å². The first-order valence-corrected chi connectivity index (χ1v) is 8.65. The van der Waals surface area contributed by atoms with Gasteiger partial charge in [-0.25, -0.2) is 0 Å². The quantitative estimate of drug-likeness (QED) is 0.601. The number of aliphatic carboxylic acids is 1. The van der Waals surface area contributed by atoms with E-state index in [4.69, 9.17) is 5.11 Å². The first-order chi connectivity index (χ1) is 11.8. The second-order valence-corrected chi connectivity index (χ2v) is 5.93. The zero-order valence-corrected chi connectivity index (χ0v) is 14.0. The van der Waals surface area contributed by atoms with Crippen LogP contribution in [0.25, 0.3) is 5.57 Å². The molecule has 0 aliphatic rings. The average molecular weight is 323 g/mol. The van der Waals surface area contributed by atoms with Gasteiger partial charge in [0, 0.05) is 24.4 Å². The lowest BCUT2D eigenvalue weighted by atomic mass is 9.97. The molecule has 3 nitrogen and oxygen atoms in total. The number of carboxylic acids is 1. The van der Waals surface area contributed by atoms with Crippen molar-refractivity contribution >= 4 is 11.5 Å². The van der Waals surface area contributed by atoms with Gasteiger partial charge in [-0.15, -0.1) is 0 Å². The molecule has 1 N–H and O–H groups in total. The largest absolute Gasteiger partial charge is 0.481 e. The summed E-state index contributed by atoms with van der Waals surface area (Å²) in [6, 6.07) is 14.5. The Morgan fingerprint density at radius 3 is 2.33 bits per heavy atom. The summed E-state index contributed by atoms with van der Waals surface area (Å²) in [6.07, 6.45) is 12.5. The van der Waals surface area contributed by atoms with E-state index < -0.39 is 5.97 Å². The summed E-state index contributed by atoms with van der Waals surface area (Å²) in [4.78, 5) is 14.7. The van der Waals surface area contributed by atoms with Crippen LogP contribution in [0.4, 0.5) is 0 Å². The zero-order chi connectivity index (χ0) is 17.0. The second-order valence-electron chi connectivity index (χ2n) is 5.93. The van der Waals surface area contributed by atoms with E-state index in [1.165, 1.54) is 11.1 Å². The molecule has 0 aliphatic heterocycles. The third kappa shape index (κ3) is 6.37. The van der Waals surface area contributed by atoms with Crippen LogP contribution in [-0.4, -0.2) is 16.1 Å². The zero-order valence-electron chi connectivity index (χ0n) is 14.0. The van der Waals surface area contributed by atoms with Gasteiger partial charge in [0.1, 0.15) is 0 Å². The van der Waals surface area contributed by atoms with Crippen molar-refractivity contribution in [3.05, 3.63) is 72.1 Å². The molecule has 0 atom stereocenters. The maximum absolute atomic E-state index is 10.5. The minimum absolute atomic E-state index is 0.291. The van der Waals surface area contributed by atoms with Crippen molar-refractivity contribution in [2.75, 3.05) is 0 Å². The van der Waals surface area contributed by atoms with Crippen LogP contribution in [0.15, 0.2) is 60.9 Å². The van der Waals surface area contributed by atoms with E-state index in [-0.39, 0.29) is 0 Å². The van der Waals surface area contributed by atoms with Crippen LogP contribution in [-0.2, 0) is 4.79 Å². The number of hydrogen-bond donors (Lipinski definition) is 1. The molecule has 0 spiro atoms. The standard InChI is InChI=1S/C21H25NO2/c23-21(24)15-9-4-2-1-3-8-14-20(18-11-6-5-7-12-18)19-13-10-16-22-17-19/h5-7,10-14,16-17H,1-4,8-9,15H2,(H,23,24). The Morgan fingerprint density at radius 2 is 1.62 bits per heavy atom. The van der Waals surface area contributed by atoms with E-state index in [1.54, 1.807) is 6.20 Å². The van der Waals surface area contributed by atoms with Gasteiger partial charge in [-0.2, -0.15) is 0 Å².